The number of rotatable bonds is 2. The van der Waals surface area contributed by atoms with Gasteiger partial charge >= 0.3 is 0 Å². The Morgan fingerprint density at radius 2 is 1.80 bits per heavy atom. The Morgan fingerprint density at radius 3 is 2.27 bits per heavy atom. The van der Waals surface area contributed by atoms with Gasteiger partial charge in [-0.1, -0.05) is 22.0 Å². The lowest BCUT2D eigenvalue weighted by molar-refractivity contribution is -0.0678. The van der Waals surface area contributed by atoms with Crippen LogP contribution in [-0.2, 0) is 5.92 Å². The molecule has 0 aliphatic rings. The molecule has 15 heavy (non-hydrogen) atoms. The zero-order chi connectivity index (χ0) is 11.9. The van der Waals surface area contributed by atoms with Crippen molar-refractivity contribution in [3.8, 4) is 0 Å². The smallest absolute Gasteiger partial charge is 0.290 e. The van der Waals surface area contributed by atoms with Crippen LogP contribution in [0.15, 0.2) is 22.7 Å². The third-order valence-corrected chi connectivity index (χ3v) is 2.84. The van der Waals surface area contributed by atoms with Crippen LogP contribution in [0.25, 0.3) is 0 Å². The van der Waals surface area contributed by atoms with Crippen molar-refractivity contribution in [2.24, 2.45) is 5.73 Å². The first-order chi connectivity index (χ1) is 6.66. The van der Waals surface area contributed by atoms with Gasteiger partial charge in [-0.25, -0.2) is 0 Å². The molecule has 0 saturated carbocycles. The van der Waals surface area contributed by atoms with Gasteiger partial charge in [0.2, 0.25) is 0 Å². The number of hydrogen-bond donors (Lipinski definition) is 1. The van der Waals surface area contributed by atoms with E-state index in [1.807, 2.05) is 0 Å². The number of benzene rings is 1. The lowest BCUT2D eigenvalue weighted by atomic mass is 9.89. The Kier molecular flexibility index (Phi) is 3.22. The van der Waals surface area contributed by atoms with Gasteiger partial charge in [-0.15, -0.1) is 0 Å². The quantitative estimate of drug-likeness (QED) is 0.879. The zero-order valence-electron chi connectivity index (χ0n) is 8.94. The van der Waals surface area contributed by atoms with Gasteiger partial charge in [0.15, 0.2) is 0 Å². The Morgan fingerprint density at radius 1 is 1.27 bits per heavy atom. The summed E-state index contributed by atoms with van der Waals surface area (Å²) in [6, 6.07) is 4.81. The fraction of sp³-hybridized carbons (Fsp3) is 0.455. The molecule has 1 nitrogen and oxygen atoms in total. The van der Waals surface area contributed by atoms with Crippen LogP contribution >= 0.6 is 15.9 Å². The molecule has 2 N–H and O–H groups in total. The Balaban J connectivity index is 3.32. The number of alkyl halides is 2. The van der Waals surface area contributed by atoms with E-state index >= 15 is 0 Å². The minimum Gasteiger partial charge on any atom is -0.320 e. The van der Waals surface area contributed by atoms with E-state index in [2.05, 4.69) is 15.9 Å². The average molecular weight is 278 g/mol. The maximum Gasteiger partial charge on any atom is 0.290 e. The predicted molar refractivity (Wildman–Crippen MR) is 61.0 cm³/mol. The van der Waals surface area contributed by atoms with E-state index in [0.29, 0.717) is 10.0 Å². The lowest BCUT2D eigenvalue weighted by Gasteiger charge is -2.31. The standard InChI is InChI=1S/C11H14BrF2N/c1-7-4-5-8(12)6-9(7)11(13,14)10(2,3)15/h4-6H,15H2,1-3H3. The second kappa shape index (κ2) is 3.83. The molecule has 0 spiro atoms. The maximum atomic E-state index is 14.0. The molecule has 0 unspecified atom stereocenters. The van der Waals surface area contributed by atoms with Gasteiger partial charge in [0, 0.05) is 10.0 Å². The monoisotopic (exact) mass is 277 g/mol. The molecular formula is C11H14BrF2N. The molecule has 0 radical (unpaired) electrons. The fourth-order valence-corrected chi connectivity index (χ4v) is 1.64. The van der Waals surface area contributed by atoms with Gasteiger partial charge in [0.1, 0.15) is 0 Å². The molecule has 0 atom stereocenters. The first kappa shape index (κ1) is 12.6. The largest absolute Gasteiger partial charge is 0.320 e. The topological polar surface area (TPSA) is 26.0 Å². The molecule has 0 aliphatic heterocycles. The van der Waals surface area contributed by atoms with Gasteiger partial charge in [-0.05, 0) is 38.5 Å². The maximum absolute atomic E-state index is 14.0. The summed E-state index contributed by atoms with van der Waals surface area (Å²) in [6.45, 7) is 4.31. The Labute approximate surface area is 96.8 Å². The van der Waals surface area contributed by atoms with Gasteiger partial charge in [0.25, 0.3) is 5.92 Å². The van der Waals surface area contributed by atoms with E-state index in [-0.39, 0.29) is 5.56 Å². The van der Waals surface area contributed by atoms with Crippen molar-refractivity contribution in [3.05, 3.63) is 33.8 Å². The van der Waals surface area contributed by atoms with Crippen molar-refractivity contribution in [1.82, 2.24) is 0 Å². The predicted octanol–water partition coefficient (Wildman–Crippen LogP) is 3.59. The second-order valence-electron chi connectivity index (χ2n) is 4.26. The first-order valence-corrected chi connectivity index (χ1v) is 5.39. The molecule has 1 aromatic carbocycles. The highest BCUT2D eigenvalue weighted by Gasteiger charge is 2.46. The van der Waals surface area contributed by atoms with Crippen LogP contribution in [-0.4, -0.2) is 5.54 Å². The summed E-state index contributed by atoms with van der Waals surface area (Å²) >= 11 is 3.18. The molecular weight excluding hydrogens is 264 g/mol. The van der Waals surface area contributed by atoms with Crippen molar-refractivity contribution in [3.63, 3.8) is 0 Å². The Bertz CT molecular complexity index is 369. The summed E-state index contributed by atoms with van der Waals surface area (Å²) in [5.41, 5.74) is 4.45. The van der Waals surface area contributed by atoms with E-state index in [9.17, 15) is 8.78 Å². The minimum atomic E-state index is -3.04. The highest BCUT2D eigenvalue weighted by Crippen LogP contribution is 2.39. The average Bonchev–Trinajstić information content (AvgIpc) is 2.07. The van der Waals surface area contributed by atoms with E-state index in [0.717, 1.165) is 0 Å². The summed E-state index contributed by atoms with van der Waals surface area (Å²) in [6.07, 6.45) is 0. The van der Waals surface area contributed by atoms with Crippen LogP contribution in [0.5, 0.6) is 0 Å². The van der Waals surface area contributed by atoms with Gasteiger partial charge in [-0.3, -0.25) is 0 Å². The van der Waals surface area contributed by atoms with Crippen LogP contribution in [0, 0.1) is 6.92 Å². The SMILES string of the molecule is Cc1ccc(Br)cc1C(F)(F)C(C)(C)N. The van der Waals surface area contributed by atoms with E-state index < -0.39 is 11.5 Å². The van der Waals surface area contributed by atoms with Gasteiger partial charge in [-0.2, -0.15) is 8.78 Å². The van der Waals surface area contributed by atoms with Crippen molar-refractivity contribution in [1.29, 1.82) is 0 Å². The number of halogens is 3. The van der Waals surface area contributed by atoms with Crippen molar-refractivity contribution in [2.75, 3.05) is 0 Å². The Hall–Kier alpha value is -0.480. The first-order valence-electron chi connectivity index (χ1n) is 4.59. The summed E-state index contributed by atoms with van der Waals surface area (Å²) in [4.78, 5) is 0. The highest BCUT2D eigenvalue weighted by atomic mass is 79.9. The zero-order valence-corrected chi connectivity index (χ0v) is 10.5. The molecule has 84 valence electrons. The number of aryl methyl sites for hydroxylation is 1. The second-order valence-corrected chi connectivity index (χ2v) is 5.17. The molecule has 0 heterocycles. The summed E-state index contributed by atoms with van der Waals surface area (Å²) in [7, 11) is 0. The molecule has 0 aromatic heterocycles. The molecule has 0 amide bonds. The summed E-state index contributed by atoms with van der Waals surface area (Å²) in [5.74, 6) is -3.04. The molecule has 0 bridgehead atoms. The summed E-state index contributed by atoms with van der Waals surface area (Å²) in [5, 5.41) is 0. The van der Waals surface area contributed by atoms with Crippen LogP contribution in [0.3, 0.4) is 0 Å². The van der Waals surface area contributed by atoms with E-state index in [4.69, 9.17) is 5.73 Å². The van der Waals surface area contributed by atoms with Crippen LogP contribution in [0.1, 0.15) is 25.0 Å². The molecule has 0 aliphatic carbocycles. The van der Waals surface area contributed by atoms with Crippen molar-refractivity contribution < 1.29 is 8.78 Å². The van der Waals surface area contributed by atoms with E-state index in [1.165, 1.54) is 19.9 Å². The number of hydrogen-bond acceptors (Lipinski definition) is 1. The minimum absolute atomic E-state index is 0.0237. The molecule has 0 saturated heterocycles. The normalized spacial score (nSPS) is 13.0. The van der Waals surface area contributed by atoms with Crippen LogP contribution in [0.2, 0.25) is 0 Å². The van der Waals surface area contributed by atoms with Crippen LogP contribution in [0.4, 0.5) is 8.78 Å². The third-order valence-electron chi connectivity index (χ3n) is 2.35. The lowest BCUT2D eigenvalue weighted by Crippen LogP contribution is -2.48. The van der Waals surface area contributed by atoms with Crippen molar-refractivity contribution >= 4 is 15.9 Å². The van der Waals surface area contributed by atoms with Crippen LogP contribution < -0.4 is 5.73 Å². The summed E-state index contributed by atoms with van der Waals surface area (Å²) < 4.78 is 28.5. The van der Waals surface area contributed by atoms with Gasteiger partial charge < -0.3 is 5.73 Å². The van der Waals surface area contributed by atoms with Crippen molar-refractivity contribution in [2.45, 2.75) is 32.2 Å². The molecule has 4 heteroatoms. The highest BCUT2D eigenvalue weighted by molar-refractivity contribution is 9.10. The van der Waals surface area contributed by atoms with Gasteiger partial charge in [0.05, 0.1) is 5.54 Å². The molecule has 1 aromatic rings. The molecule has 1 rings (SSSR count). The number of nitrogens with two attached hydrogens (primary N) is 1. The van der Waals surface area contributed by atoms with E-state index in [1.54, 1.807) is 19.1 Å². The third kappa shape index (κ3) is 2.37. The fourth-order valence-electron chi connectivity index (χ4n) is 1.28. The molecule has 0 fully saturated rings.